The molecule has 1 N–H and O–H groups in total. The number of alkyl carbamates (subject to hydrolysis) is 1. The van der Waals surface area contributed by atoms with Crippen molar-refractivity contribution in [2.45, 2.75) is 56.3 Å². The van der Waals surface area contributed by atoms with Gasteiger partial charge in [0.05, 0.1) is 53.9 Å². The molecule has 176 valence electrons. The number of amides is 2. The lowest BCUT2D eigenvalue weighted by molar-refractivity contribution is -0.143. The average Bonchev–Trinajstić information content (AvgIpc) is 3.26. The second-order valence-corrected chi connectivity index (χ2v) is 9.37. The van der Waals surface area contributed by atoms with Gasteiger partial charge in [-0.1, -0.05) is 0 Å². The Kier molecular flexibility index (Phi) is 4.40. The minimum atomic E-state index is -4.76. The highest BCUT2D eigenvalue weighted by molar-refractivity contribution is 6.02. The molecule has 0 saturated carbocycles. The number of nitriles is 1. The lowest BCUT2D eigenvalue weighted by Gasteiger charge is -2.46. The number of nitrogens with zero attached hydrogens (tertiary/aromatic N) is 2. The molecule has 4 aliphatic heterocycles. The fourth-order valence-corrected chi connectivity index (χ4v) is 6.47. The van der Waals surface area contributed by atoms with Crippen LogP contribution in [0.25, 0.3) is 0 Å². The number of carbonyl (C=O) groups is 2. The number of ether oxygens (including phenoxy) is 3. The van der Waals surface area contributed by atoms with Gasteiger partial charge in [0.2, 0.25) is 5.91 Å². The van der Waals surface area contributed by atoms with Crippen molar-refractivity contribution in [1.29, 1.82) is 5.26 Å². The zero-order valence-corrected chi connectivity index (χ0v) is 18.2. The van der Waals surface area contributed by atoms with Gasteiger partial charge in [-0.05, 0) is 32.0 Å². The van der Waals surface area contributed by atoms with Gasteiger partial charge in [-0.2, -0.15) is 18.4 Å². The number of hydrogen-bond acceptors (Lipinski definition) is 6. The number of rotatable bonds is 2. The van der Waals surface area contributed by atoms with Gasteiger partial charge in [-0.25, -0.2) is 4.79 Å². The minimum absolute atomic E-state index is 0.00415. The smallest absolute Gasteiger partial charge is 0.417 e. The number of fused-ring (bicyclic) bond motifs is 2. The van der Waals surface area contributed by atoms with Crippen molar-refractivity contribution in [1.82, 2.24) is 5.32 Å². The van der Waals surface area contributed by atoms with E-state index in [-0.39, 0.29) is 12.3 Å². The van der Waals surface area contributed by atoms with Crippen LogP contribution in [0.4, 0.5) is 23.7 Å². The van der Waals surface area contributed by atoms with E-state index in [1.165, 1.54) is 18.1 Å². The largest absolute Gasteiger partial charge is 0.453 e. The Morgan fingerprint density at radius 3 is 2.73 bits per heavy atom. The predicted molar refractivity (Wildman–Crippen MR) is 106 cm³/mol. The zero-order chi connectivity index (χ0) is 24.0. The molecule has 4 aliphatic rings. The number of carbonyl (C=O) groups excluding carboxylic acids is 2. The fourth-order valence-electron chi connectivity index (χ4n) is 6.47. The van der Waals surface area contributed by atoms with Crippen molar-refractivity contribution in [3.05, 3.63) is 29.3 Å². The van der Waals surface area contributed by atoms with Gasteiger partial charge in [0.25, 0.3) is 0 Å². The summed E-state index contributed by atoms with van der Waals surface area (Å²) in [6.45, 7) is 3.71. The minimum Gasteiger partial charge on any atom is -0.453 e. The van der Waals surface area contributed by atoms with E-state index < -0.39 is 64.1 Å². The van der Waals surface area contributed by atoms with Crippen LogP contribution in [0.2, 0.25) is 0 Å². The number of alkyl halides is 3. The molecule has 5 rings (SSSR count). The maximum atomic E-state index is 13.9. The highest BCUT2D eigenvalue weighted by Gasteiger charge is 2.83. The van der Waals surface area contributed by atoms with Crippen LogP contribution < -0.4 is 10.2 Å². The lowest BCUT2D eigenvalue weighted by atomic mass is 9.56. The first kappa shape index (κ1) is 22.0. The number of anilines is 1. The number of methoxy groups -OCH3 is 1. The molecule has 0 unspecified atom stereocenters. The highest BCUT2D eigenvalue weighted by Crippen LogP contribution is 2.71. The lowest BCUT2D eigenvalue weighted by Crippen LogP contribution is -2.63. The Morgan fingerprint density at radius 2 is 2.09 bits per heavy atom. The molecule has 4 saturated heterocycles. The maximum Gasteiger partial charge on any atom is 0.417 e. The first-order chi connectivity index (χ1) is 15.4. The number of halogens is 3. The molecule has 0 aliphatic carbocycles. The van der Waals surface area contributed by atoms with E-state index in [9.17, 15) is 22.8 Å². The topological polar surface area (TPSA) is 101 Å². The Hall–Kier alpha value is -2.84. The van der Waals surface area contributed by atoms with Gasteiger partial charge in [-0.3, -0.25) is 9.69 Å². The quantitative estimate of drug-likeness (QED) is 0.721. The summed E-state index contributed by atoms with van der Waals surface area (Å²) < 4.78 is 58.0. The van der Waals surface area contributed by atoms with E-state index in [0.29, 0.717) is 12.8 Å². The standard InChI is InChI=1S/C22H22F3N3O5/c1-19-15-16(28(17(19)29)12-5-4-11(10-26)13(8-12)22(23,24)25)32-7-6-21(15)9-14(20(19,2)33-21)27-18(30)31-3/h4-5,8,14-16H,6-7,9H2,1-3H3,(H,27,30)/t14-,15+,16-,19+,20+,21-/m0/s1. The van der Waals surface area contributed by atoms with Crippen molar-refractivity contribution in [2.24, 2.45) is 11.3 Å². The Morgan fingerprint density at radius 1 is 1.36 bits per heavy atom. The van der Waals surface area contributed by atoms with E-state index in [2.05, 4.69) is 5.32 Å². The molecule has 1 aromatic carbocycles. The third-order valence-electron chi connectivity index (χ3n) is 8.05. The molecule has 11 heteroatoms. The second kappa shape index (κ2) is 6.61. The van der Waals surface area contributed by atoms with Gasteiger partial charge in [0.15, 0.2) is 0 Å². The number of benzene rings is 1. The molecule has 2 amide bonds. The summed E-state index contributed by atoms with van der Waals surface area (Å²) in [5.74, 6) is -0.894. The highest BCUT2D eigenvalue weighted by atomic mass is 19.4. The molecule has 6 atom stereocenters. The van der Waals surface area contributed by atoms with Crippen LogP contribution >= 0.6 is 0 Å². The molecule has 4 heterocycles. The molecule has 8 nitrogen and oxygen atoms in total. The summed E-state index contributed by atoms with van der Waals surface area (Å²) in [5, 5.41) is 11.9. The van der Waals surface area contributed by atoms with Gasteiger partial charge in [-0.15, -0.1) is 0 Å². The molecule has 0 aromatic heterocycles. The second-order valence-electron chi connectivity index (χ2n) is 9.37. The molecule has 2 bridgehead atoms. The van der Waals surface area contributed by atoms with Gasteiger partial charge < -0.3 is 19.5 Å². The predicted octanol–water partition coefficient (Wildman–Crippen LogP) is 2.95. The van der Waals surface area contributed by atoms with Crippen LogP contribution in [-0.2, 0) is 25.2 Å². The Labute approximate surface area is 187 Å². The Balaban J connectivity index is 1.62. The molecule has 1 spiro atoms. The van der Waals surface area contributed by atoms with Crippen molar-refractivity contribution < 1.29 is 37.0 Å². The molecule has 4 fully saturated rings. The average molecular weight is 465 g/mol. The molecule has 33 heavy (non-hydrogen) atoms. The molecule has 1 aromatic rings. The summed E-state index contributed by atoms with van der Waals surface area (Å²) in [5.41, 5.74) is -4.70. The van der Waals surface area contributed by atoms with Crippen LogP contribution in [0.15, 0.2) is 18.2 Å². The van der Waals surface area contributed by atoms with Crippen molar-refractivity contribution in [3.8, 4) is 6.07 Å². The van der Waals surface area contributed by atoms with Crippen molar-refractivity contribution in [3.63, 3.8) is 0 Å². The summed E-state index contributed by atoms with van der Waals surface area (Å²) in [7, 11) is 1.24. The maximum absolute atomic E-state index is 13.9. The van der Waals surface area contributed by atoms with E-state index in [1.807, 2.05) is 0 Å². The first-order valence-electron chi connectivity index (χ1n) is 10.5. The third-order valence-corrected chi connectivity index (χ3v) is 8.05. The summed E-state index contributed by atoms with van der Waals surface area (Å²) in [6, 6.07) is 4.24. The van der Waals surface area contributed by atoms with Crippen LogP contribution in [0, 0.1) is 22.7 Å². The summed E-state index contributed by atoms with van der Waals surface area (Å²) >= 11 is 0. The van der Waals surface area contributed by atoms with Crippen molar-refractivity contribution in [2.75, 3.05) is 18.6 Å². The van der Waals surface area contributed by atoms with Gasteiger partial charge >= 0.3 is 12.3 Å². The zero-order valence-electron chi connectivity index (χ0n) is 18.2. The summed E-state index contributed by atoms with van der Waals surface area (Å²) in [6.07, 6.45) is -5.32. The molecular weight excluding hydrogens is 443 g/mol. The van der Waals surface area contributed by atoms with Crippen LogP contribution in [-0.4, -0.2) is 49.2 Å². The SMILES string of the molecule is COC(=O)N[C@H]1C[C@@]23CCO[C@H]4[C@@H]2[C@](C)(C(=O)N4c2ccc(C#N)c(C(F)(F)F)c2)[C@]1(C)O3. The number of hydrogen-bond donors (Lipinski definition) is 1. The van der Waals surface area contributed by atoms with Crippen LogP contribution in [0.1, 0.15) is 37.8 Å². The van der Waals surface area contributed by atoms with Crippen LogP contribution in [0.5, 0.6) is 0 Å². The van der Waals surface area contributed by atoms with Crippen molar-refractivity contribution >= 4 is 17.7 Å². The van der Waals surface area contributed by atoms with Gasteiger partial charge in [0, 0.05) is 18.5 Å². The van der Waals surface area contributed by atoms with E-state index >= 15 is 0 Å². The Bertz CT molecular complexity index is 1100. The monoisotopic (exact) mass is 465 g/mol. The fraction of sp³-hybridized carbons (Fsp3) is 0.591. The molecule has 0 radical (unpaired) electrons. The molecular formula is C22H22F3N3O5. The van der Waals surface area contributed by atoms with E-state index in [4.69, 9.17) is 19.5 Å². The first-order valence-corrected chi connectivity index (χ1v) is 10.5. The van der Waals surface area contributed by atoms with E-state index in [0.717, 1.165) is 12.1 Å². The van der Waals surface area contributed by atoms with E-state index in [1.54, 1.807) is 19.9 Å². The van der Waals surface area contributed by atoms with Gasteiger partial charge in [0.1, 0.15) is 11.8 Å². The van der Waals surface area contributed by atoms with Crippen LogP contribution in [0.3, 0.4) is 0 Å². The normalized spacial score (nSPS) is 38.8. The number of nitrogens with one attached hydrogen (secondary N) is 1. The third kappa shape index (κ3) is 2.59. The summed E-state index contributed by atoms with van der Waals surface area (Å²) in [4.78, 5) is 27.2.